The third-order valence-corrected chi connectivity index (χ3v) is 3.85. The minimum Gasteiger partial charge on any atom is -0.492 e. The molecular weight excluding hydrogens is 385 g/mol. The lowest BCUT2D eigenvalue weighted by atomic mass is 10.2. The van der Waals surface area contributed by atoms with Crippen LogP contribution in [0.3, 0.4) is 0 Å². The van der Waals surface area contributed by atoms with Crippen molar-refractivity contribution in [3.05, 3.63) is 57.3 Å². The van der Waals surface area contributed by atoms with E-state index in [0.29, 0.717) is 34.0 Å². The zero-order valence-corrected chi connectivity index (χ0v) is 15.0. The Morgan fingerprint density at radius 2 is 2.04 bits per heavy atom. The van der Waals surface area contributed by atoms with Crippen LogP contribution in [0.1, 0.15) is 24.2 Å². The van der Waals surface area contributed by atoms with Crippen LogP contribution in [-0.4, -0.2) is 12.5 Å². The highest BCUT2D eigenvalue weighted by atomic mass is 79.9. The number of rotatable bonds is 5. The van der Waals surface area contributed by atoms with Crippen LogP contribution in [0.4, 0.5) is 10.1 Å². The van der Waals surface area contributed by atoms with E-state index in [1.165, 1.54) is 18.2 Å². The van der Waals surface area contributed by atoms with Gasteiger partial charge >= 0.3 is 0 Å². The molecule has 23 heavy (non-hydrogen) atoms. The quantitative estimate of drug-likeness (QED) is 0.717. The number of benzene rings is 2. The van der Waals surface area contributed by atoms with Gasteiger partial charge in [0, 0.05) is 11.3 Å². The first-order chi connectivity index (χ1) is 10.9. The molecule has 3 nitrogen and oxygen atoms in total. The Kier molecular flexibility index (Phi) is 6.02. The summed E-state index contributed by atoms with van der Waals surface area (Å²) >= 11 is 9.10. The van der Waals surface area contributed by atoms with Crippen molar-refractivity contribution < 1.29 is 13.9 Å². The summed E-state index contributed by atoms with van der Waals surface area (Å²) in [6.07, 6.45) is 0. The second-order valence-corrected chi connectivity index (χ2v) is 6.69. The SMILES string of the molecule is CC(C)COc1ccc(C(=O)Nc2ccc(F)c(Cl)c2)cc1Br. The summed E-state index contributed by atoms with van der Waals surface area (Å²) in [5.41, 5.74) is 0.881. The van der Waals surface area contributed by atoms with Crippen molar-refractivity contribution in [1.82, 2.24) is 0 Å². The molecule has 122 valence electrons. The predicted molar refractivity (Wildman–Crippen MR) is 93.8 cm³/mol. The van der Waals surface area contributed by atoms with Crippen molar-refractivity contribution in [1.29, 1.82) is 0 Å². The fourth-order valence-electron chi connectivity index (χ4n) is 1.79. The molecule has 0 atom stereocenters. The number of nitrogens with one attached hydrogen (secondary N) is 1. The summed E-state index contributed by atoms with van der Waals surface area (Å²) in [4.78, 5) is 12.2. The van der Waals surface area contributed by atoms with Gasteiger partial charge in [0.05, 0.1) is 16.1 Å². The van der Waals surface area contributed by atoms with E-state index in [4.69, 9.17) is 16.3 Å². The molecule has 0 spiro atoms. The second-order valence-electron chi connectivity index (χ2n) is 5.43. The molecule has 1 amide bonds. The van der Waals surface area contributed by atoms with Crippen LogP contribution < -0.4 is 10.1 Å². The van der Waals surface area contributed by atoms with Crippen LogP contribution in [0.2, 0.25) is 5.02 Å². The average Bonchev–Trinajstić information content (AvgIpc) is 2.49. The number of hydrogen-bond acceptors (Lipinski definition) is 2. The van der Waals surface area contributed by atoms with Gasteiger partial charge in [-0.2, -0.15) is 0 Å². The van der Waals surface area contributed by atoms with E-state index in [-0.39, 0.29) is 10.9 Å². The highest BCUT2D eigenvalue weighted by Crippen LogP contribution is 2.27. The van der Waals surface area contributed by atoms with E-state index in [1.807, 2.05) is 0 Å². The zero-order chi connectivity index (χ0) is 17.0. The number of ether oxygens (including phenoxy) is 1. The van der Waals surface area contributed by atoms with Crippen molar-refractivity contribution in [3.8, 4) is 5.75 Å². The molecule has 0 radical (unpaired) electrons. The first-order valence-electron chi connectivity index (χ1n) is 7.05. The molecule has 0 saturated carbocycles. The van der Waals surface area contributed by atoms with E-state index >= 15 is 0 Å². The van der Waals surface area contributed by atoms with E-state index < -0.39 is 5.82 Å². The third-order valence-electron chi connectivity index (χ3n) is 2.94. The van der Waals surface area contributed by atoms with Crippen LogP contribution in [0.25, 0.3) is 0 Å². The molecular formula is C17H16BrClFNO2. The highest BCUT2D eigenvalue weighted by molar-refractivity contribution is 9.10. The van der Waals surface area contributed by atoms with Gasteiger partial charge in [-0.05, 0) is 58.2 Å². The van der Waals surface area contributed by atoms with Crippen molar-refractivity contribution in [2.45, 2.75) is 13.8 Å². The van der Waals surface area contributed by atoms with Crippen LogP contribution in [0.5, 0.6) is 5.75 Å². The molecule has 2 aromatic carbocycles. The Labute approximate surface area is 147 Å². The predicted octanol–water partition coefficient (Wildman–Crippen LogP) is 5.53. The first kappa shape index (κ1) is 17.8. The number of amides is 1. The minimum atomic E-state index is -0.529. The highest BCUT2D eigenvalue weighted by Gasteiger charge is 2.11. The molecule has 0 aliphatic rings. The van der Waals surface area contributed by atoms with E-state index in [2.05, 4.69) is 35.1 Å². The summed E-state index contributed by atoms with van der Waals surface area (Å²) in [7, 11) is 0. The zero-order valence-electron chi connectivity index (χ0n) is 12.7. The summed E-state index contributed by atoms with van der Waals surface area (Å²) in [5, 5.41) is 2.63. The van der Waals surface area contributed by atoms with Gasteiger partial charge in [0.15, 0.2) is 0 Å². The lowest BCUT2D eigenvalue weighted by molar-refractivity contribution is 0.102. The minimum absolute atomic E-state index is 0.0404. The summed E-state index contributed by atoms with van der Waals surface area (Å²) in [6, 6.07) is 9.10. The fraction of sp³-hybridized carbons (Fsp3) is 0.235. The molecule has 2 aromatic rings. The van der Waals surface area contributed by atoms with Crippen LogP contribution in [0, 0.1) is 11.7 Å². The van der Waals surface area contributed by atoms with Crippen LogP contribution >= 0.6 is 27.5 Å². The fourth-order valence-corrected chi connectivity index (χ4v) is 2.47. The first-order valence-corrected chi connectivity index (χ1v) is 8.22. The molecule has 1 N–H and O–H groups in total. The molecule has 0 aliphatic heterocycles. The maximum absolute atomic E-state index is 13.1. The third kappa shape index (κ3) is 4.94. The molecule has 0 saturated heterocycles. The number of anilines is 1. The van der Waals surface area contributed by atoms with Gasteiger partial charge in [0.25, 0.3) is 5.91 Å². The standard InChI is InChI=1S/C17H16BrClFNO2/c1-10(2)9-23-16-6-3-11(7-13(16)18)17(22)21-12-4-5-15(20)14(19)8-12/h3-8,10H,9H2,1-2H3,(H,21,22). The van der Waals surface area contributed by atoms with E-state index in [9.17, 15) is 9.18 Å². The van der Waals surface area contributed by atoms with Gasteiger partial charge in [-0.1, -0.05) is 25.4 Å². The van der Waals surface area contributed by atoms with Gasteiger partial charge in [-0.3, -0.25) is 4.79 Å². The van der Waals surface area contributed by atoms with E-state index in [1.54, 1.807) is 18.2 Å². The largest absolute Gasteiger partial charge is 0.492 e. The number of halogens is 3. The number of carbonyl (C=O) groups excluding carboxylic acids is 1. The normalized spacial score (nSPS) is 10.7. The monoisotopic (exact) mass is 399 g/mol. The Morgan fingerprint density at radius 3 is 2.65 bits per heavy atom. The molecule has 0 fully saturated rings. The van der Waals surface area contributed by atoms with Gasteiger partial charge in [-0.15, -0.1) is 0 Å². The van der Waals surface area contributed by atoms with Crippen LogP contribution in [0.15, 0.2) is 40.9 Å². The second kappa shape index (κ2) is 7.79. The average molecular weight is 401 g/mol. The lowest BCUT2D eigenvalue weighted by Gasteiger charge is -2.12. The molecule has 0 aliphatic carbocycles. The van der Waals surface area contributed by atoms with Crippen molar-refractivity contribution in [3.63, 3.8) is 0 Å². The maximum Gasteiger partial charge on any atom is 0.255 e. The summed E-state index contributed by atoms with van der Waals surface area (Å²) in [5.74, 6) is 0.246. The summed E-state index contributed by atoms with van der Waals surface area (Å²) < 4.78 is 19.5. The number of carbonyl (C=O) groups is 1. The van der Waals surface area contributed by atoms with Crippen LogP contribution in [-0.2, 0) is 0 Å². The van der Waals surface area contributed by atoms with Crippen molar-refractivity contribution >= 4 is 39.1 Å². The molecule has 0 heterocycles. The lowest BCUT2D eigenvalue weighted by Crippen LogP contribution is -2.12. The molecule has 0 unspecified atom stereocenters. The van der Waals surface area contributed by atoms with Crippen molar-refractivity contribution in [2.24, 2.45) is 5.92 Å². The molecule has 6 heteroatoms. The Morgan fingerprint density at radius 1 is 1.30 bits per heavy atom. The topological polar surface area (TPSA) is 38.3 Å². The number of hydrogen-bond donors (Lipinski definition) is 1. The maximum atomic E-state index is 13.1. The van der Waals surface area contributed by atoms with Gasteiger partial charge in [0.2, 0.25) is 0 Å². The Bertz CT molecular complexity index is 722. The Balaban J connectivity index is 2.10. The molecule has 0 aromatic heterocycles. The summed E-state index contributed by atoms with van der Waals surface area (Å²) in [6.45, 7) is 4.71. The van der Waals surface area contributed by atoms with E-state index in [0.717, 1.165) is 0 Å². The van der Waals surface area contributed by atoms with Gasteiger partial charge in [-0.25, -0.2) is 4.39 Å². The Hall–Kier alpha value is -1.59. The smallest absolute Gasteiger partial charge is 0.255 e. The molecule has 0 bridgehead atoms. The van der Waals surface area contributed by atoms with Gasteiger partial charge < -0.3 is 10.1 Å². The van der Waals surface area contributed by atoms with Gasteiger partial charge in [0.1, 0.15) is 11.6 Å². The molecule has 2 rings (SSSR count). The van der Waals surface area contributed by atoms with Crippen molar-refractivity contribution in [2.75, 3.05) is 11.9 Å².